The lowest BCUT2D eigenvalue weighted by molar-refractivity contribution is -0.199. The highest BCUT2D eigenvalue weighted by Gasteiger charge is 2.35. The Labute approximate surface area is 173 Å². The first kappa shape index (κ1) is 21.0. The summed E-state index contributed by atoms with van der Waals surface area (Å²) in [5.41, 5.74) is 1.76. The molecule has 0 aliphatic carbocycles. The Kier molecular flexibility index (Phi) is 7.15. The molecule has 0 radical (unpaired) electrons. The Hall–Kier alpha value is -3.68. The quantitative estimate of drug-likeness (QED) is 0.671. The summed E-state index contributed by atoms with van der Waals surface area (Å²) in [6, 6.07) is 17.4. The van der Waals surface area contributed by atoms with Crippen molar-refractivity contribution >= 4 is 23.9 Å². The van der Waals surface area contributed by atoms with Crippen molar-refractivity contribution in [1.29, 1.82) is 0 Å². The first-order valence-corrected chi connectivity index (χ1v) is 9.61. The average Bonchev–Trinajstić information content (AvgIpc) is 3.08. The maximum absolute atomic E-state index is 12.6. The standard InChI is InChI=1S/C22H22N2O6/c25-19-13-14-20(26)24(19)30-21(27)18(12-11-16-7-3-1-4-8-16)23-22(28)29-15-17-9-5-2-6-10-17/h1-10,18H,11-15H2,(H,23,28)/t18-/m0/s1. The molecule has 0 saturated carbocycles. The van der Waals surface area contributed by atoms with Crippen LogP contribution in [-0.2, 0) is 37.0 Å². The second-order valence-electron chi connectivity index (χ2n) is 6.78. The van der Waals surface area contributed by atoms with Crippen molar-refractivity contribution in [2.24, 2.45) is 0 Å². The van der Waals surface area contributed by atoms with Crippen molar-refractivity contribution in [2.45, 2.75) is 38.3 Å². The van der Waals surface area contributed by atoms with E-state index in [-0.39, 0.29) is 25.9 Å². The van der Waals surface area contributed by atoms with Crippen molar-refractivity contribution in [3.05, 3.63) is 71.8 Å². The number of carbonyl (C=O) groups excluding carboxylic acids is 4. The van der Waals surface area contributed by atoms with E-state index in [9.17, 15) is 19.2 Å². The molecular formula is C22H22N2O6. The minimum Gasteiger partial charge on any atom is -0.445 e. The van der Waals surface area contributed by atoms with Crippen LogP contribution in [0.5, 0.6) is 0 Å². The number of hydroxylamine groups is 2. The van der Waals surface area contributed by atoms with Crippen LogP contribution in [0.1, 0.15) is 30.4 Å². The second-order valence-corrected chi connectivity index (χ2v) is 6.78. The molecule has 30 heavy (non-hydrogen) atoms. The Bertz CT molecular complexity index is 884. The van der Waals surface area contributed by atoms with Gasteiger partial charge in [0.15, 0.2) is 0 Å². The van der Waals surface area contributed by atoms with E-state index >= 15 is 0 Å². The molecule has 8 nitrogen and oxygen atoms in total. The van der Waals surface area contributed by atoms with E-state index in [1.807, 2.05) is 48.5 Å². The van der Waals surface area contributed by atoms with Crippen LogP contribution in [-0.4, -0.2) is 35.0 Å². The number of imide groups is 1. The maximum atomic E-state index is 12.6. The maximum Gasteiger partial charge on any atom is 0.408 e. The van der Waals surface area contributed by atoms with Gasteiger partial charge in [-0.2, -0.15) is 0 Å². The topological polar surface area (TPSA) is 102 Å². The van der Waals surface area contributed by atoms with Crippen LogP contribution in [0.4, 0.5) is 4.79 Å². The Morgan fingerprint density at radius 3 is 2.07 bits per heavy atom. The average molecular weight is 410 g/mol. The van der Waals surface area contributed by atoms with Gasteiger partial charge in [0.25, 0.3) is 11.8 Å². The molecule has 1 fully saturated rings. The smallest absolute Gasteiger partial charge is 0.408 e. The van der Waals surface area contributed by atoms with E-state index in [1.54, 1.807) is 12.1 Å². The van der Waals surface area contributed by atoms with Gasteiger partial charge in [-0.3, -0.25) is 9.59 Å². The third kappa shape index (κ3) is 5.91. The van der Waals surface area contributed by atoms with Crippen molar-refractivity contribution in [2.75, 3.05) is 0 Å². The van der Waals surface area contributed by atoms with Crippen LogP contribution in [0, 0.1) is 0 Å². The normalized spacial score (nSPS) is 14.3. The highest BCUT2D eigenvalue weighted by molar-refractivity contribution is 6.01. The number of rotatable bonds is 8. The summed E-state index contributed by atoms with van der Waals surface area (Å²) in [6.07, 6.45) is -0.130. The fraction of sp³-hybridized carbons (Fsp3) is 0.273. The van der Waals surface area contributed by atoms with Gasteiger partial charge in [-0.15, -0.1) is 5.06 Å². The van der Waals surface area contributed by atoms with Gasteiger partial charge < -0.3 is 14.9 Å². The number of alkyl carbamates (subject to hydrolysis) is 1. The van der Waals surface area contributed by atoms with Gasteiger partial charge in [-0.05, 0) is 24.0 Å². The summed E-state index contributed by atoms with van der Waals surface area (Å²) in [7, 11) is 0. The van der Waals surface area contributed by atoms with Gasteiger partial charge in [-0.1, -0.05) is 60.7 Å². The van der Waals surface area contributed by atoms with E-state index in [4.69, 9.17) is 9.57 Å². The summed E-state index contributed by atoms with van der Waals surface area (Å²) >= 11 is 0. The molecule has 0 bridgehead atoms. The molecule has 3 amide bonds. The largest absolute Gasteiger partial charge is 0.445 e. The molecule has 3 rings (SSSR count). The minimum atomic E-state index is -1.09. The Morgan fingerprint density at radius 2 is 1.47 bits per heavy atom. The number of hydrogen-bond donors (Lipinski definition) is 1. The first-order chi connectivity index (χ1) is 14.5. The van der Waals surface area contributed by atoms with Crippen LogP contribution in [0.15, 0.2) is 60.7 Å². The van der Waals surface area contributed by atoms with Crippen LogP contribution in [0.25, 0.3) is 0 Å². The van der Waals surface area contributed by atoms with Crippen LogP contribution < -0.4 is 5.32 Å². The Balaban J connectivity index is 1.61. The van der Waals surface area contributed by atoms with E-state index in [1.165, 1.54) is 0 Å². The number of ether oxygens (including phenoxy) is 1. The predicted octanol–water partition coefficient (Wildman–Crippen LogP) is 2.52. The highest BCUT2D eigenvalue weighted by atomic mass is 16.7. The number of nitrogens with zero attached hydrogens (tertiary/aromatic N) is 1. The third-order valence-electron chi connectivity index (χ3n) is 4.54. The van der Waals surface area contributed by atoms with E-state index in [0.29, 0.717) is 11.5 Å². The zero-order valence-electron chi connectivity index (χ0n) is 16.3. The number of aryl methyl sites for hydroxylation is 1. The molecule has 0 unspecified atom stereocenters. The van der Waals surface area contributed by atoms with Gasteiger partial charge >= 0.3 is 12.1 Å². The van der Waals surface area contributed by atoms with Gasteiger partial charge in [0.05, 0.1) is 0 Å². The highest BCUT2D eigenvalue weighted by Crippen LogP contribution is 2.14. The van der Waals surface area contributed by atoms with Gasteiger partial charge in [-0.25, -0.2) is 9.59 Å². The number of nitrogens with one attached hydrogen (secondary N) is 1. The minimum absolute atomic E-state index is 0.00661. The lowest BCUT2D eigenvalue weighted by Gasteiger charge is -2.20. The van der Waals surface area contributed by atoms with Crippen molar-refractivity contribution < 1.29 is 28.8 Å². The van der Waals surface area contributed by atoms with Gasteiger partial charge in [0.2, 0.25) is 0 Å². The summed E-state index contributed by atoms with van der Waals surface area (Å²) in [6.45, 7) is 0.0379. The molecule has 1 N–H and O–H groups in total. The molecule has 0 aromatic heterocycles. The molecule has 8 heteroatoms. The molecule has 1 aliphatic heterocycles. The molecule has 1 aliphatic rings. The third-order valence-corrected chi connectivity index (χ3v) is 4.54. The lowest BCUT2D eigenvalue weighted by atomic mass is 10.1. The van der Waals surface area contributed by atoms with E-state index in [2.05, 4.69) is 5.32 Å². The van der Waals surface area contributed by atoms with Gasteiger partial charge in [0.1, 0.15) is 12.6 Å². The fourth-order valence-corrected chi connectivity index (χ4v) is 2.92. The molecular weight excluding hydrogens is 388 g/mol. The summed E-state index contributed by atoms with van der Waals surface area (Å²) in [4.78, 5) is 53.2. The van der Waals surface area contributed by atoms with Crippen LogP contribution >= 0.6 is 0 Å². The predicted molar refractivity (Wildman–Crippen MR) is 105 cm³/mol. The molecule has 156 valence electrons. The number of amides is 3. The first-order valence-electron chi connectivity index (χ1n) is 9.61. The van der Waals surface area contributed by atoms with E-state index in [0.717, 1.165) is 11.1 Å². The molecule has 2 aromatic rings. The summed E-state index contributed by atoms with van der Waals surface area (Å²) in [5.74, 6) is -2.06. The number of carbonyl (C=O) groups is 4. The van der Waals surface area contributed by atoms with Crippen molar-refractivity contribution in [3.8, 4) is 0 Å². The van der Waals surface area contributed by atoms with Crippen LogP contribution in [0.3, 0.4) is 0 Å². The molecule has 0 spiro atoms. The van der Waals surface area contributed by atoms with Gasteiger partial charge in [0, 0.05) is 12.8 Å². The summed E-state index contributed by atoms with van der Waals surface area (Å²) in [5, 5.41) is 2.94. The van der Waals surface area contributed by atoms with Crippen molar-refractivity contribution in [1.82, 2.24) is 10.4 Å². The SMILES string of the molecule is O=C(N[C@@H](CCc1ccccc1)C(=O)ON1C(=O)CCC1=O)OCc1ccccc1. The zero-order chi connectivity index (χ0) is 21.3. The monoisotopic (exact) mass is 410 g/mol. The number of benzene rings is 2. The van der Waals surface area contributed by atoms with Crippen molar-refractivity contribution in [3.63, 3.8) is 0 Å². The van der Waals surface area contributed by atoms with E-state index < -0.39 is 29.9 Å². The molecule has 1 atom stereocenters. The Morgan fingerprint density at radius 1 is 0.900 bits per heavy atom. The second kappa shape index (κ2) is 10.2. The zero-order valence-corrected chi connectivity index (χ0v) is 16.3. The van der Waals surface area contributed by atoms with Crippen LogP contribution in [0.2, 0.25) is 0 Å². The molecule has 2 aromatic carbocycles. The summed E-state index contributed by atoms with van der Waals surface area (Å²) < 4.78 is 5.17. The fourth-order valence-electron chi connectivity index (χ4n) is 2.92. The lowest BCUT2D eigenvalue weighted by Crippen LogP contribution is -2.45. The molecule has 1 heterocycles. The molecule has 1 saturated heterocycles. The number of hydrogen-bond acceptors (Lipinski definition) is 6.